The van der Waals surface area contributed by atoms with Gasteiger partial charge in [0, 0.05) is 13.1 Å². The van der Waals surface area contributed by atoms with Gasteiger partial charge in [0.15, 0.2) is 10.3 Å². The molecule has 1 saturated heterocycles. The summed E-state index contributed by atoms with van der Waals surface area (Å²) in [6.45, 7) is 1.92. The van der Waals surface area contributed by atoms with Crippen molar-refractivity contribution in [3.05, 3.63) is 16.6 Å². The van der Waals surface area contributed by atoms with Gasteiger partial charge in [-0.2, -0.15) is 19.6 Å². The van der Waals surface area contributed by atoms with Crippen LogP contribution >= 0.6 is 23.2 Å². The molecular weight excluding hydrogens is 261 g/mol. The lowest BCUT2D eigenvalue weighted by Crippen LogP contribution is -2.30. The standard InChI is InChI=1S/C10H11Cl2N5/c11-8-7(16-4-2-1-3-5-16)9(12)17-10(15-8)13-6-14-17/h6H,1-5H2. The van der Waals surface area contributed by atoms with Crippen molar-refractivity contribution in [1.82, 2.24) is 19.6 Å². The van der Waals surface area contributed by atoms with Crippen molar-refractivity contribution in [1.29, 1.82) is 0 Å². The number of anilines is 1. The number of piperidine rings is 1. The number of aromatic nitrogens is 4. The van der Waals surface area contributed by atoms with Crippen LogP contribution in [0.15, 0.2) is 6.33 Å². The molecule has 0 atom stereocenters. The minimum absolute atomic E-state index is 0.400. The average molecular weight is 272 g/mol. The van der Waals surface area contributed by atoms with E-state index in [0.717, 1.165) is 31.6 Å². The summed E-state index contributed by atoms with van der Waals surface area (Å²) in [5.41, 5.74) is 0.769. The molecule has 0 radical (unpaired) electrons. The average Bonchev–Trinajstić information content (AvgIpc) is 2.78. The molecule has 3 rings (SSSR count). The smallest absolute Gasteiger partial charge is 0.255 e. The molecule has 0 bridgehead atoms. The van der Waals surface area contributed by atoms with E-state index in [1.165, 1.54) is 17.3 Å². The van der Waals surface area contributed by atoms with Gasteiger partial charge < -0.3 is 4.90 Å². The SMILES string of the molecule is Clc1nc2ncnn2c(Cl)c1N1CCCCC1. The van der Waals surface area contributed by atoms with Gasteiger partial charge in [0.25, 0.3) is 5.78 Å². The van der Waals surface area contributed by atoms with Crippen LogP contribution < -0.4 is 4.90 Å². The largest absolute Gasteiger partial charge is 0.367 e. The van der Waals surface area contributed by atoms with E-state index in [1.54, 1.807) is 0 Å². The highest BCUT2D eigenvalue weighted by atomic mass is 35.5. The second-order valence-corrected chi connectivity index (χ2v) is 4.78. The minimum atomic E-state index is 0.400. The number of rotatable bonds is 1. The predicted octanol–water partition coefficient (Wildman–Crippen LogP) is 2.42. The van der Waals surface area contributed by atoms with Crippen molar-refractivity contribution >= 4 is 34.7 Å². The minimum Gasteiger partial charge on any atom is -0.367 e. The summed E-state index contributed by atoms with van der Waals surface area (Å²) in [6.07, 6.45) is 4.99. The highest BCUT2D eigenvalue weighted by Crippen LogP contribution is 2.33. The molecule has 3 heterocycles. The summed E-state index contributed by atoms with van der Waals surface area (Å²) in [5.74, 6) is 0.431. The van der Waals surface area contributed by atoms with Gasteiger partial charge in [-0.1, -0.05) is 23.2 Å². The first-order chi connectivity index (χ1) is 8.27. The topological polar surface area (TPSA) is 46.3 Å². The molecule has 0 unspecified atom stereocenters. The van der Waals surface area contributed by atoms with Crippen LogP contribution in [0.1, 0.15) is 19.3 Å². The first-order valence-electron chi connectivity index (χ1n) is 5.57. The van der Waals surface area contributed by atoms with Gasteiger partial charge >= 0.3 is 0 Å². The molecule has 1 aliphatic rings. The van der Waals surface area contributed by atoms with Crippen molar-refractivity contribution in [2.75, 3.05) is 18.0 Å². The van der Waals surface area contributed by atoms with Crippen LogP contribution in [0.3, 0.4) is 0 Å². The van der Waals surface area contributed by atoms with Crippen LogP contribution in [0.5, 0.6) is 0 Å². The monoisotopic (exact) mass is 271 g/mol. The fourth-order valence-electron chi connectivity index (χ4n) is 2.15. The summed E-state index contributed by atoms with van der Waals surface area (Å²) < 4.78 is 1.51. The molecule has 1 fully saturated rings. The second-order valence-electron chi connectivity index (χ2n) is 4.06. The van der Waals surface area contributed by atoms with Gasteiger partial charge in [-0.25, -0.2) is 0 Å². The molecule has 1 aliphatic heterocycles. The van der Waals surface area contributed by atoms with Crippen LogP contribution in [0.4, 0.5) is 5.69 Å². The van der Waals surface area contributed by atoms with Crippen molar-refractivity contribution < 1.29 is 0 Å². The highest BCUT2D eigenvalue weighted by molar-refractivity contribution is 6.38. The van der Waals surface area contributed by atoms with Gasteiger partial charge in [-0.3, -0.25) is 0 Å². The lowest BCUT2D eigenvalue weighted by Gasteiger charge is -2.29. The molecule has 0 amide bonds. The van der Waals surface area contributed by atoms with Gasteiger partial charge in [0.05, 0.1) is 0 Å². The molecule has 0 N–H and O–H groups in total. The van der Waals surface area contributed by atoms with Crippen LogP contribution in [-0.4, -0.2) is 32.7 Å². The molecule has 0 saturated carbocycles. The Kier molecular flexibility index (Phi) is 2.80. The number of hydrogen-bond donors (Lipinski definition) is 0. The van der Waals surface area contributed by atoms with Crippen molar-refractivity contribution in [3.8, 4) is 0 Å². The highest BCUT2D eigenvalue weighted by Gasteiger charge is 2.21. The molecule has 2 aromatic rings. The van der Waals surface area contributed by atoms with Crippen LogP contribution in [0, 0.1) is 0 Å². The maximum absolute atomic E-state index is 6.32. The molecule has 2 aromatic heterocycles. The second kappa shape index (κ2) is 4.31. The Balaban J connectivity index is 2.13. The van der Waals surface area contributed by atoms with Crippen molar-refractivity contribution in [2.24, 2.45) is 0 Å². The quantitative estimate of drug-likeness (QED) is 0.748. The summed E-state index contributed by atoms with van der Waals surface area (Å²) >= 11 is 12.5. The van der Waals surface area contributed by atoms with Crippen molar-refractivity contribution in [3.63, 3.8) is 0 Å². The molecule has 0 spiro atoms. The Morgan fingerprint density at radius 3 is 2.65 bits per heavy atom. The van der Waals surface area contributed by atoms with E-state index in [-0.39, 0.29) is 0 Å². The first kappa shape index (κ1) is 11.0. The Labute approximate surface area is 108 Å². The summed E-state index contributed by atoms with van der Waals surface area (Å²) in [5, 5.41) is 4.93. The van der Waals surface area contributed by atoms with Gasteiger partial charge in [0.2, 0.25) is 0 Å². The number of nitrogens with zero attached hydrogens (tertiary/aromatic N) is 5. The van der Waals surface area contributed by atoms with E-state index in [4.69, 9.17) is 23.2 Å². The summed E-state index contributed by atoms with van der Waals surface area (Å²) in [4.78, 5) is 10.3. The van der Waals surface area contributed by atoms with Crippen LogP contribution in [-0.2, 0) is 0 Å². The lowest BCUT2D eigenvalue weighted by atomic mass is 10.1. The third-order valence-corrected chi connectivity index (χ3v) is 3.58. The predicted molar refractivity (Wildman–Crippen MR) is 66.9 cm³/mol. The normalized spacial score (nSPS) is 16.7. The summed E-state index contributed by atoms with van der Waals surface area (Å²) in [7, 11) is 0. The lowest BCUT2D eigenvalue weighted by molar-refractivity contribution is 0.576. The maximum atomic E-state index is 6.32. The van der Waals surface area contributed by atoms with E-state index < -0.39 is 0 Å². The van der Waals surface area contributed by atoms with E-state index in [1.807, 2.05) is 0 Å². The zero-order valence-electron chi connectivity index (χ0n) is 9.10. The van der Waals surface area contributed by atoms with E-state index >= 15 is 0 Å². The molecule has 0 aliphatic carbocycles. The fraction of sp³-hybridized carbons (Fsp3) is 0.500. The zero-order valence-corrected chi connectivity index (χ0v) is 10.6. The third-order valence-electron chi connectivity index (χ3n) is 2.98. The summed E-state index contributed by atoms with van der Waals surface area (Å²) in [6, 6.07) is 0. The molecular formula is C10H11Cl2N5. The molecule has 7 heteroatoms. The first-order valence-corrected chi connectivity index (χ1v) is 6.32. The van der Waals surface area contributed by atoms with Crippen LogP contribution in [0.2, 0.25) is 10.3 Å². The van der Waals surface area contributed by atoms with E-state index in [0.29, 0.717) is 16.1 Å². The Hall–Kier alpha value is -1.07. The fourth-order valence-corrected chi connectivity index (χ4v) is 2.82. The Morgan fingerprint density at radius 1 is 1.12 bits per heavy atom. The Bertz CT molecular complexity index is 547. The van der Waals surface area contributed by atoms with Gasteiger partial charge in [-0.05, 0) is 19.3 Å². The van der Waals surface area contributed by atoms with Crippen molar-refractivity contribution in [2.45, 2.75) is 19.3 Å². The van der Waals surface area contributed by atoms with Gasteiger partial charge in [0.1, 0.15) is 12.0 Å². The number of halogens is 2. The van der Waals surface area contributed by atoms with Gasteiger partial charge in [-0.15, -0.1) is 0 Å². The zero-order chi connectivity index (χ0) is 11.8. The van der Waals surface area contributed by atoms with E-state index in [9.17, 15) is 0 Å². The Morgan fingerprint density at radius 2 is 1.88 bits per heavy atom. The van der Waals surface area contributed by atoms with E-state index in [2.05, 4.69) is 20.0 Å². The molecule has 0 aromatic carbocycles. The molecule has 17 heavy (non-hydrogen) atoms. The van der Waals surface area contributed by atoms with Crippen LogP contribution in [0.25, 0.3) is 5.78 Å². The molecule has 5 nitrogen and oxygen atoms in total. The third kappa shape index (κ3) is 1.83. The maximum Gasteiger partial charge on any atom is 0.255 e. The molecule has 90 valence electrons. The number of hydrogen-bond acceptors (Lipinski definition) is 4. The number of fused-ring (bicyclic) bond motifs is 1.